The molecule has 1 aromatic heterocycles. The van der Waals surface area contributed by atoms with Crippen LogP contribution >= 0.6 is 0 Å². The van der Waals surface area contributed by atoms with E-state index in [0.29, 0.717) is 16.8 Å². The Morgan fingerprint density at radius 2 is 1.60 bits per heavy atom. The quantitative estimate of drug-likeness (QED) is 0.255. The van der Waals surface area contributed by atoms with E-state index >= 15 is 0 Å². The molecule has 1 saturated heterocycles. The van der Waals surface area contributed by atoms with Crippen LogP contribution in [0.3, 0.4) is 0 Å². The molecule has 0 saturated carbocycles. The molecule has 7 heteroatoms. The number of halogens is 1. The van der Waals surface area contributed by atoms with Crippen LogP contribution in [0, 0.1) is 11.7 Å². The van der Waals surface area contributed by atoms with Crippen LogP contribution < -0.4 is 5.32 Å². The number of rotatable bonds is 4. The van der Waals surface area contributed by atoms with Gasteiger partial charge in [-0.25, -0.2) is 4.39 Å². The third kappa shape index (κ3) is 3.22. The van der Waals surface area contributed by atoms with E-state index in [1.54, 1.807) is 18.3 Å². The van der Waals surface area contributed by atoms with E-state index in [2.05, 4.69) is 5.32 Å². The monoisotopic (exact) mass is 554 g/mol. The zero-order valence-corrected chi connectivity index (χ0v) is 22.2. The van der Waals surface area contributed by atoms with Gasteiger partial charge in [0, 0.05) is 22.8 Å². The smallest absolute Gasteiger partial charge is 0.238 e. The molecule has 0 radical (unpaired) electrons. The van der Waals surface area contributed by atoms with Crippen molar-refractivity contribution in [1.29, 1.82) is 0 Å². The number of ketones is 2. The van der Waals surface area contributed by atoms with Crippen molar-refractivity contribution in [1.82, 2.24) is 4.90 Å². The third-order valence-electron chi connectivity index (χ3n) is 8.92. The van der Waals surface area contributed by atoms with Crippen LogP contribution in [0.2, 0.25) is 0 Å². The SMILES string of the molecule is O=C(c1ccc(F)cc1)[C@@H]1[C@H](C(=O)c2cc3ccccc3o2)[C@]2(C(=O)Nc3ccccc32)[C@@H]2c3ccccc3C=CN12. The molecule has 42 heavy (non-hydrogen) atoms. The van der Waals surface area contributed by atoms with Gasteiger partial charge in [0.05, 0.1) is 12.0 Å². The van der Waals surface area contributed by atoms with Gasteiger partial charge < -0.3 is 14.6 Å². The summed E-state index contributed by atoms with van der Waals surface area (Å²) in [5, 5.41) is 3.77. The molecule has 0 unspecified atom stereocenters. The summed E-state index contributed by atoms with van der Waals surface area (Å²) in [5.74, 6) is -2.75. The summed E-state index contributed by atoms with van der Waals surface area (Å²) in [4.78, 5) is 45.7. The molecule has 1 amide bonds. The van der Waals surface area contributed by atoms with Crippen molar-refractivity contribution in [2.45, 2.75) is 17.5 Å². The Morgan fingerprint density at radius 3 is 2.43 bits per heavy atom. The summed E-state index contributed by atoms with van der Waals surface area (Å²) in [6, 6.07) is 27.6. The highest BCUT2D eigenvalue weighted by Crippen LogP contribution is 2.62. The molecule has 1 spiro atoms. The van der Waals surface area contributed by atoms with Gasteiger partial charge >= 0.3 is 0 Å². The first-order valence-corrected chi connectivity index (χ1v) is 13.8. The van der Waals surface area contributed by atoms with Gasteiger partial charge in [0.25, 0.3) is 0 Å². The molecule has 204 valence electrons. The van der Waals surface area contributed by atoms with E-state index in [9.17, 15) is 18.8 Å². The molecule has 4 aromatic carbocycles. The number of Topliss-reactive ketones (excluding diaryl/α,β-unsaturated/α-hetero) is 2. The number of benzene rings is 4. The molecule has 4 heterocycles. The molecular formula is C35H23FN2O4. The van der Waals surface area contributed by atoms with Crippen LogP contribution in [0.1, 0.15) is 43.6 Å². The van der Waals surface area contributed by atoms with Crippen molar-refractivity contribution in [3.8, 4) is 0 Å². The lowest BCUT2D eigenvalue weighted by atomic mass is 9.63. The fourth-order valence-corrected chi connectivity index (χ4v) is 7.21. The van der Waals surface area contributed by atoms with E-state index in [1.165, 1.54) is 24.3 Å². The number of carbonyl (C=O) groups is 3. The number of nitrogens with one attached hydrogen (secondary N) is 1. The summed E-state index contributed by atoms with van der Waals surface area (Å²) < 4.78 is 20.0. The number of nitrogens with zero attached hydrogens (tertiary/aromatic N) is 1. The van der Waals surface area contributed by atoms with E-state index in [-0.39, 0.29) is 23.0 Å². The molecule has 4 atom stereocenters. The number of hydrogen-bond acceptors (Lipinski definition) is 5. The van der Waals surface area contributed by atoms with Crippen LogP contribution in [0.15, 0.2) is 114 Å². The number of amides is 1. The summed E-state index contributed by atoms with van der Waals surface area (Å²) in [6.45, 7) is 0. The first kappa shape index (κ1) is 24.5. The number of carbonyl (C=O) groups excluding carboxylic acids is 3. The first-order valence-electron chi connectivity index (χ1n) is 13.8. The molecule has 3 aliphatic heterocycles. The van der Waals surface area contributed by atoms with Crippen molar-refractivity contribution >= 4 is 40.2 Å². The fraction of sp³-hybridized carbons (Fsp3) is 0.114. The second-order valence-corrected chi connectivity index (χ2v) is 11.0. The Hall–Kier alpha value is -5.30. The minimum Gasteiger partial charge on any atom is -0.453 e. The van der Waals surface area contributed by atoms with Gasteiger partial charge in [-0.1, -0.05) is 60.7 Å². The van der Waals surface area contributed by atoms with Crippen LogP contribution in [-0.2, 0) is 10.2 Å². The number of hydrogen-bond donors (Lipinski definition) is 1. The number of fused-ring (bicyclic) bond motifs is 7. The Bertz CT molecular complexity index is 1940. The molecule has 0 aliphatic carbocycles. The summed E-state index contributed by atoms with van der Waals surface area (Å²) in [7, 11) is 0. The number of anilines is 1. The highest BCUT2D eigenvalue weighted by Gasteiger charge is 2.71. The maximum absolute atomic E-state index is 14.9. The Labute approximate surface area is 240 Å². The Morgan fingerprint density at radius 1 is 0.857 bits per heavy atom. The highest BCUT2D eigenvalue weighted by molar-refractivity contribution is 6.16. The van der Waals surface area contributed by atoms with Crippen molar-refractivity contribution in [3.05, 3.63) is 143 Å². The average Bonchev–Trinajstić information content (AvgIpc) is 3.68. The highest BCUT2D eigenvalue weighted by atomic mass is 19.1. The maximum atomic E-state index is 14.9. The van der Waals surface area contributed by atoms with Gasteiger partial charge in [0.15, 0.2) is 11.5 Å². The van der Waals surface area contributed by atoms with Gasteiger partial charge in [-0.3, -0.25) is 14.4 Å². The van der Waals surface area contributed by atoms with Gasteiger partial charge in [-0.15, -0.1) is 0 Å². The average molecular weight is 555 g/mol. The zero-order chi connectivity index (χ0) is 28.6. The molecule has 1 fully saturated rings. The molecule has 3 aliphatic rings. The minimum absolute atomic E-state index is 0.0757. The molecule has 1 N–H and O–H groups in total. The van der Waals surface area contributed by atoms with Crippen LogP contribution in [-0.4, -0.2) is 28.4 Å². The van der Waals surface area contributed by atoms with Gasteiger partial charge in [-0.05, 0) is 65.2 Å². The number of furan rings is 1. The molecule has 8 rings (SSSR count). The first-order chi connectivity index (χ1) is 20.5. The van der Waals surface area contributed by atoms with E-state index < -0.39 is 35.0 Å². The largest absolute Gasteiger partial charge is 0.453 e. The van der Waals surface area contributed by atoms with Crippen molar-refractivity contribution < 1.29 is 23.2 Å². The second-order valence-electron chi connectivity index (χ2n) is 11.0. The van der Waals surface area contributed by atoms with E-state index in [0.717, 1.165) is 16.5 Å². The topological polar surface area (TPSA) is 79.6 Å². The normalized spacial score (nSPS) is 23.5. The van der Waals surface area contributed by atoms with Gasteiger partial charge in [-0.2, -0.15) is 0 Å². The second kappa shape index (κ2) is 8.85. The lowest BCUT2D eigenvalue weighted by Gasteiger charge is -2.38. The van der Waals surface area contributed by atoms with Crippen molar-refractivity contribution in [2.24, 2.45) is 5.92 Å². The van der Waals surface area contributed by atoms with Crippen molar-refractivity contribution in [2.75, 3.05) is 5.32 Å². The third-order valence-corrected chi connectivity index (χ3v) is 8.92. The predicted molar refractivity (Wildman–Crippen MR) is 155 cm³/mol. The molecule has 6 nitrogen and oxygen atoms in total. The Kier molecular flexibility index (Phi) is 5.16. The van der Waals surface area contributed by atoms with Crippen molar-refractivity contribution in [3.63, 3.8) is 0 Å². The number of para-hydroxylation sites is 2. The Balaban J connectivity index is 1.43. The van der Waals surface area contributed by atoms with Gasteiger partial charge in [0.1, 0.15) is 22.9 Å². The zero-order valence-electron chi connectivity index (χ0n) is 22.2. The molecular weight excluding hydrogens is 531 g/mol. The summed E-state index contributed by atoms with van der Waals surface area (Å²) in [5.41, 5.74) is 2.31. The van der Waals surface area contributed by atoms with E-state index in [4.69, 9.17) is 4.42 Å². The maximum Gasteiger partial charge on any atom is 0.238 e. The van der Waals surface area contributed by atoms with Crippen LogP contribution in [0.5, 0.6) is 0 Å². The summed E-state index contributed by atoms with van der Waals surface area (Å²) in [6.07, 6.45) is 3.71. The fourth-order valence-electron chi connectivity index (χ4n) is 7.21. The van der Waals surface area contributed by atoms with Crippen LogP contribution in [0.25, 0.3) is 17.0 Å². The molecule has 0 bridgehead atoms. The predicted octanol–water partition coefficient (Wildman–Crippen LogP) is 6.55. The van der Waals surface area contributed by atoms with Crippen LogP contribution in [0.4, 0.5) is 10.1 Å². The minimum atomic E-state index is -1.46. The lowest BCUT2D eigenvalue weighted by molar-refractivity contribution is -0.122. The molecule has 5 aromatic rings. The standard InChI is InChI=1S/C35H23FN2O4/c36-23-15-13-21(14-16-23)31(39)30-29(32(40)28-19-22-8-2-6-12-27(22)42-28)35(25-10-4-5-11-26(25)37-34(35)41)33-24-9-3-1-7-20(24)17-18-38(30)33/h1-19,29-30,33H,(H,37,41)/t29-,30+,33+,35+/m1/s1. The lowest BCUT2D eigenvalue weighted by Crippen LogP contribution is -2.49. The van der Waals surface area contributed by atoms with Gasteiger partial charge in [0.2, 0.25) is 11.7 Å². The summed E-state index contributed by atoms with van der Waals surface area (Å²) >= 11 is 0. The van der Waals surface area contributed by atoms with E-state index in [1.807, 2.05) is 77.7 Å².